The summed E-state index contributed by atoms with van der Waals surface area (Å²) < 4.78 is 67.1. The average molecular weight is 465 g/mol. The van der Waals surface area contributed by atoms with Gasteiger partial charge >= 0.3 is 0 Å². The van der Waals surface area contributed by atoms with E-state index in [2.05, 4.69) is 9.44 Å². The minimum atomic E-state index is -3.96. The van der Waals surface area contributed by atoms with E-state index in [0.717, 1.165) is 18.2 Å². The van der Waals surface area contributed by atoms with Crippen LogP contribution in [0.4, 0.5) is 21.5 Å². The van der Waals surface area contributed by atoms with Crippen molar-refractivity contribution in [1.29, 1.82) is 0 Å². The predicted octanol–water partition coefficient (Wildman–Crippen LogP) is 3.48. The van der Waals surface area contributed by atoms with Crippen molar-refractivity contribution < 1.29 is 26.1 Å². The van der Waals surface area contributed by atoms with Crippen LogP contribution in [0, 0.1) is 15.9 Å². The molecule has 12 heteroatoms. The van der Waals surface area contributed by atoms with Crippen LogP contribution in [0.3, 0.4) is 0 Å². The summed E-state index contributed by atoms with van der Waals surface area (Å²) in [5, 5.41) is 10.8. The first kappa shape index (κ1) is 22.2. The van der Waals surface area contributed by atoms with Crippen LogP contribution in [0.5, 0.6) is 0 Å². The highest BCUT2D eigenvalue weighted by Crippen LogP contribution is 2.21. The van der Waals surface area contributed by atoms with Gasteiger partial charge in [0.05, 0.1) is 15.6 Å². The van der Waals surface area contributed by atoms with Gasteiger partial charge in [0, 0.05) is 23.5 Å². The number of nitro groups is 1. The van der Waals surface area contributed by atoms with Crippen molar-refractivity contribution in [3.63, 3.8) is 0 Å². The highest BCUT2D eigenvalue weighted by molar-refractivity contribution is 7.92. The molecule has 3 aromatic rings. The molecule has 0 amide bonds. The van der Waals surface area contributed by atoms with Crippen LogP contribution in [-0.4, -0.2) is 21.8 Å². The molecule has 0 atom stereocenters. The van der Waals surface area contributed by atoms with Crippen LogP contribution in [0.1, 0.15) is 5.56 Å². The molecular weight excluding hydrogens is 449 g/mol. The quantitative estimate of drug-likeness (QED) is 0.386. The van der Waals surface area contributed by atoms with Gasteiger partial charge in [-0.1, -0.05) is 12.1 Å². The van der Waals surface area contributed by atoms with Crippen LogP contribution in [0.2, 0.25) is 0 Å². The second kappa shape index (κ2) is 8.70. The summed E-state index contributed by atoms with van der Waals surface area (Å²) in [5.74, 6) is -1.01. The third-order valence-corrected chi connectivity index (χ3v) is 6.67. The Bertz CT molecular complexity index is 1310. The van der Waals surface area contributed by atoms with Crippen LogP contribution in [-0.2, 0) is 25.8 Å². The fraction of sp³-hybridized carbons (Fsp3) is 0.0526. The fourth-order valence-corrected chi connectivity index (χ4v) is 4.87. The summed E-state index contributed by atoms with van der Waals surface area (Å²) in [7, 11) is -7.87. The predicted molar refractivity (Wildman–Crippen MR) is 113 cm³/mol. The van der Waals surface area contributed by atoms with E-state index in [4.69, 9.17) is 0 Å². The van der Waals surface area contributed by atoms with Gasteiger partial charge < -0.3 is 0 Å². The van der Waals surface area contributed by atoms with Crippen molar-refractivity contribution >= 4 is 37.1 Å². The number of hydrogen-bond donors (Lipinski definition) is 2. The molecule has 0 aliphatic carbocycles. The van der Waals surface area contributed by atoms with Crippen molar-refractivity contribution in [3.8, 4) is 0 Å². The Morgan fingerprint density at radius 1 is 0.839 bits per heavy atom. The van der Waals surface area contributed by atoms with Crippen molar-refractivity contribution in [1.82, 2.24) is 0 Å². The van der Waals surface area contributed by atoms with E-state index >= 15 is 0 Å². The summed E-state index contributed by atoms with van der Waals surface area (Å²) in [5.41, 5.74) is 0.287. The molecule has 0 aliphatic rings. The number of nitro benzene ring substituents is 1. The molecule has 0 aromatic heterocycles. The molecule has 2 N–H and O–H groups in total. The zero-order chi connectivity index (χ0) is 22.6. The van der Waals surface area contributed by atoms with Gasteiger partial charge in [-0.2, -0.15) is 0 Å². The van der Waals surface area contributed by atoms with Crippen LogP contribution in [0.15, 0.2) is 77.7 Å². The van der Waals surface area contributed by atoms with E-state index in [9.17, 15) is 31.3 Å². The molecule has 0 saturated carbocycles. The smallest absolute Gasteiger partial charge is 0.269 e. The second-order valence-electron chi connectivity index (χ2n) is 6.42. The van der Waals surface area contributed by atoms with Crippen molar-refractivity contribution in [2.75, 3.05) is 9.44 Å². The molecule has 0 saturated heterocycles. The lowest BCUT2D eigenvalue weighted by Gasteiger charge is -2.10. The normalized spacial score (nSPS) is 11.6. The monoisotopic (exact) mass is 465 g/mol. The number of halogens is 1. The number of sulfonamides is 2. The number of non-ortho nitro benzene ring substituents is 1. The lowest BCUT2D eigenvalue weighted by Crippen LogP contribution is -2.16. The zero-order valence-electron chi connectivity index (χ0n) is 15.7. The molecule has 0 fully saturated rings. The fourth-order valence-electron chi connectivity index (χ4n) is 2.63. The minimum absolute atomic E-state index is 0.117. The van der Waals surface area contributed by atoms with Gasteiger partial charge in [0.25, 0.3) is 15.7 Å². The molecule has 0 radical (unpaired) electrons. The largest absolute Gasteiger partial charge is 0.283 e. The Hall–Kier alpha value is -3.51. The Morgan fingerprint density at radius 2 is 1.42 bits per heavy atom. The van der Waals surface area contributed by atoms with Gasteiger partial charge in [-0.15, -0.1) is 0 Å². The summed E-state index contributed by atoms with van der Waals surface area (Å²) in [6.07, 6.45) is 0. The number of nitrogens with one attached hydrogen (secondary N) is 2. The summed E-state index contributed by atoms with van der Waals surface area (Å²) in [6, 6.07) is 14.9. The van der Waals surface area contributed by atoms with E-state index in [0.29, 0.717) is 0 Å². The maximum Gasteiger partial charge on any atom is 0.269 e. The topological polar surface area (TPSA) is 135 Å². The van der Waals surface area contributed by atoms with Gasteiger partial charge in [0.1, 0.15) is 5.82 Å². The van der Waals surface area contributed by atoms with E-state index < -0.39 is 36.5 Å². The Morgan fingerprint density at radius 3 is 2.03 bits per heavy atom. The van der Waals surface area contributed by atoms with Gasteiger partial charge in [-0.3, -0.25) is 19.6 Å². The summed E-state index contributed by atoms with van der Waals surface area (Å²) in [4.78, 5) is 10.1. The molecule has 31 heavy (non-hydrogen) atoms. The molecule has 3 aromatic carbocycles. The first-order valence-corrected chi connectivity index (χ1v) is 11.8. The number of hydrogen-bond acceptors (Lipinski definition) is 6. The minimum Gasteiger partial charge on any atom is -0.283 e. The SMILES string of the molecule is O=[N+]([O-])c1cccc(CS(=O)(=O)Nc2ccc(S(=O)(=O)Nc3ccc(F)cc3)cc2)c1. The Labute approximate surface area is 177 Å². The first-order chi connectivity index (χ1) is 14.5. The van der Waals surface area contributed by atoms with E-state index in [1.807, 2.05) is 0 Å². The van der Waals surface area contributed by atoms with Crippen LogP contribution in [0.25, 0.3) is 0 Å². The van der Waals surface area contributed by atoms with Crippen molar-refractivity contribution in [3.05, 3.63) is 94.3 Å². The zero-order valence-corrected chi connectivity index (χ0v) is 17.4. The van der Waals surface area contributed by atoms with E-state index in [-0.39, 0.29) is 27.5 Å². The summed E-state index contributed by atoms with van der Waals surface area (Å²) >= 11 is 0. The number of benzene rings is 3. The molecule has 0 aliphatic heterocycles. The number of rotatable bonds is 8. The lowest BCUT2D eigenvalue weighted by molar-refractivity contribution is -0.384. The molecule has 0 heterocycles. The van der Waals surface area contributed by atoms with Gasteiger partial charge in [-0.05, 0) is 54.1 Å². The van der Waals surface area contributed by atoms with Crippen molar-refractivity contribution in [2.45, 2.75) is 10.6 Å². The molecule has 0 unspecified atom stereocenters. The maximum atomic E-state index is 13.0. The van der Waals surface area contributed by atoms with Crippen LogP contribution >= 0.6 is 0 Å². The third-order valence-electron chi connectivity index (χ3n) is 4.01. The van der Waals surface area contributed by atoms with E-state index in [1.165, 1.54) is 54.6 Å². The van der Waals surface area contributed by atoms with Gasteiger partial charge in [0.2, 0.25) is 10.0 Å². The van der Waals surface area contributed by atoms with Crippen LogP contribution < -0.4 is 9.44 Å². The molecule has 0 bridgehead atoms. The molecule has 162 valence electrons. The summed E-state index contributed by atoms with van der Waals surface area (Å²) in [6.45, 7) is 0. The van der Waals surface area contributed by atoms with Crippen molar-refractivity contribution in [2.24, 2.45) is 0 Å². The second-order valence-corrected chi connectivity index (χ2v) is 9.83. The highest BCUT2D eigenvalue weighted by Gasteiger charge is 2.17. The van der Waals surface area contributed by atoms with E-state index in [1.54, 1.807) is 0 Å². The lowest BCUT2D eigenvalue weighted by atomic mass is 10.2. The average Bonchev–Trinajstić information content (AvgIpc) is 2.69. The molecule has 9 nitrogen and oxygen atoms in total. The number of nitrogens with zero attached hydrogens (tertiary/aromatic N) is 1. The molecule has 3 rings (SSSR count). The Balaban J connectivity index is 1.71. The highest BCUT2D eigenvalue weighted by atomic mass is 32.2. The molecular formula is C19H16FN3O6S2. The number of anilines is 2. The standard InChI is InChI=1S/C19H16FN3O6S2/c20-15-4-6-17(7-5-15)22-31(28,29)19-10-8-16(9-11-19)21-30(26,27)13-14-2-1-3-18(12-14)23(24)25/h1-12,21-22H,13H2. The maximum absolute atomic E-state index is 13.0. The third kappa shape index (κ3) is 5.99. The van der Waals surface area contributed by atoms with Gasteiger partial charge in [-0.25, -0.2) is 21.2 Å². The van der Waals surface area contributed by atoms with Gasteiger partial charge in [0.15, 0.2) is 0 Å². The first-order valence-electron chi connectivity index (χ1n) is 8.66. The Kier molecular flexibility index (Phi) is 6.22. The molecule has 0 spiro atoms.